The quantitative estimate of drug-likeness (QED) is 0.683. The van der Waals surface area contributed by atoms with Crippen molar-refractivity contribution in [1.29, 1.82) is 0 Å². The zero-order chi connectivity index (χ0) is 17.5. The Morgan fingerprint density at radius 2 is 1.88 bits per heavy atom. The SMILES string of the molecule is O=C(O)[C@@H]1C[C@H]1c1ccc(Sc2ccccc2Br)c(C(F)(F)F)c1. The van der Waals surface area contributed by atoms with E-state index in [1.807, 2.05) is 0 Å². The molecule has 1 fully saturated rings. The lowest BCUT2D eigenvalue weighted by atomic mass is 10.1. The van der Waals surface area contributed by atoms with Crippen molar-refractivity contribution in [2.45, 2.75) is 28.3 Å². The molecule has 2 atom stereocenters. The Morgan fingerprint density at radius 1 is 1.17 bits per heavy atom. The molecular weight excluding hydrogens is 405 g/mol. The van der Waals surface area contributed by atoms with E-state index >= 15 is 0 Å². The summed E-state index contributed by atoms with van der Waals surface area (Å²) in [5, 5.41) is 8.96. The second-order valence-electron chi connectivity index (χ2n) is 5.57. The molecule has 24 heavy (non-hydrogen) atoms. The molecule has 1 aliphatic carbocycles. The van der Waals surface area contributed by atoms with Gasteiger partial charge in [0.1, 0.15) is 0 Å². The molecule has 0 aromatic heterocycles. The second kappa shape index (κ2) is 6.44. The minimum absolute atomic E-state index is 0.102. The molecule has 0 spiro atoms. The first-order valence-electron chi connectivity index (χ1n) is 7.13. The summed E-state index contributed by atoms with van der Waals surface area (Å²) in [4.78, 5) is 11.7. The van der Waals surface area contributed by atoms with Crippen LogP contribution in [0.4, 0.5) is 13.2 Å². The first-order valence-corrected chi connectivity index (χ1v) is 8.74. The van der Waals surface area contributed by atoms with E-state index in [1.54, 1.807) is 30.3 Å². The molecule has 0 bridgehead atoms. The summed E-state index contributed by atoms with van der Waals surface area (Å²) in [7, 11) is 0. The maximum atomic E-state index is 13.4. The molecule has 126 valence electrons. The molecule has 7 heteroatoms. The highest BCUT2D eigenvalue weighted by atomic mass is 79.9. The largest absolute Gasteiger partial charge is 0.481 e. The molecule has 3 rings (SSSR count). The molecule has 0 unspecified atom stereocenters. The maximum absolute atomic E-state index is 13.4. The van der Waals surface area contributed by atoms with Gasteiger partial charge in [-0.1, -0.05) is 30.0 Å². The number of carbonyl (C=O) groups is 1. The highest BCUT2D eigenvalue weighted by Gasteiger charge is 2.45. The lowest BCUT2D eigenvalue weighted by Crippen LogP contribution is -2.08. The minimum atomic E-state index is -4.49. The number of alkyl halides is 3. The summed E-state index contributed by atoms with van der Waals surface area (Å²) >= 11 is 4.37. The van der Waals surface area contributed by atoms with Crippen LogP contribution >= 0.6 is 27.7 Å². The van der Waals surface area contributed by atoms with Gasteiger partial charge in [0.25, 0.3) is 0 Å². The van der Waals surface area contributed by atoms with Gasteiger partial charge in [0, 0.05) is 14.3 Å². The van der Waals surface area contributed by atoms with E-state index in [-0.39, 0.29) is 10.8 Å². The summed E-state index contributed by atoms with van der Waals surface area (Å²) in [5.74, 6) is -1.86. The van der Waals surface area contributed by atoms with Crippen LogP contribution in [0.15, 0.2) is 56.7 Å². The minimum Gasteiger partial charge on any atom is -0.481 e. The van der Waals surface area contributed by atoms with E-state index in [4.69, 9.17) is 5.11 Å². The molecule has 0 saturated heterocycles. The van der Waals surface area contributed by atoms with Crippen LogP contribution in [-0.2, 0) is 11.0 Å². The van der Waals surface area contributed by atoms with Gasteiger partial charge in [0.15, 0.2) is 0 Å². The number of hydrogen-bond donors (Lipinski definition) is 1. The summed E-state index contributed by atoms with van der Waals surface area (Å²) in [6, 6.07) is 11.2. The Kier molecular flexibility index (Phi) is 4.66. The van der Waals surface area contributed by atoms with Crippen molar-refractivity contribution < 1.29 is 23.1 Å². The van der Waals surface area contributed by atoms with Crippen LogP contribution in [0.2, 0.25) is 0 Å². The lowest BCUT2D eigenvalue weighted by Gasteiger charge is -2.15. The molecule has 1 N–H and O–H groups in total. The van der Waals surface area contributed by atoms with Crippen LogP contribution in [0, 0.1) is 5.92 Å². The Hall–Kier alpha value is -1.47. The zero-order valence-electron chi connectivity index (χ0n) is 12.2. The molecule has 0 heterocycles. The van der Waals surface area contributed by atoms with Crippen LogP contribution in [0.1, 0.15) is 23.5 Å². The van der Waals surface area contributed by atoms with Gasteiger partial charge in [-0.05, 0) is 58.1 Å². The number of carboxylic acids is 1. The molecule has 1 aliphatic rings. The van der Waals surface area contributed by atoms with Gasteiger partial charge in [-0.15, -0.1) is 0 Å². The van der Waals surface area contributed by atoms with E-state index in [9.17, 15) is 18.0 Å². The lowest BCUT2D eigenvalue weighted by molar-refractivity contribution is -0.140. The van der Waals surface area contributed by atoms with E-state index in [2.05, 4.69) is 15.9 Å². The van der Waals surface area contributed by atoms with Crippen molar-refractivity contribution in [3.8, 4) is 0 Å². The highest BCUT2D eigenvalue weighted by molar-refractivity contribution is 9.10. The van der Waals surface area contributed by atoms with E-state index in [1.165, 1.54) is 6.07 Å². The van der Waals surface area contributed by atoms with Crippen LogP contribution in [-0.4, -0.2) is 11.1 Å². The van der Waals surface area contributed by atoms with Crippen LogP contribution < -0.4 is 0 Å². The maximum Gasteiger partial charge on any atom is 0.417 e. The van der Waals surface area contributed by atoms with Gasteiger partial charge in [-0.3, -0.25) is 4.79 Å². The fraction of sp³-hybridized carbons (Fsp3) is 0.235. The molecule has 1 saturated carbocycles. The molecule has 2 nitrogen and oxygen atoms in total. The van der Waals surface area contributed by atoms with Crippen LogP contribution in [0.5, 0.6) is 0 Å². The molecule has 0 aliphatic heterocycles. The summed E-state index contributed by atoms with van der Waals surface area (Å²) in [5.41, 5.74) is -0.289. The second-order valence-corrected chi connectivity index (χ2v) is 7.51. The van der Waals surface area contributed by atoms with Gasteiger partial charge in [0.2, 0.25) is 0 Å². The number of halogens is 4. The smallest absolute Gasteiger partial charge is 0.417 e. The third-order valence-corrected chi connectivity index (χ3v) is 6.01. The normalized spacial score (nSPS) is 20.0. The number of hydrogen-bond acceptors (Lipinski definition) is 2. The fourth-order valence-electron chi connectivity index (χ4n) is 2.57. The zero-order valence-corrected chi connectivity index (χ0v) is 14.6. The van der Waals surface area contributed by atoms with Crippen molar-refractivity contribution >= 4 is 33.7 Å². The van der Waals surface area contributed by atoms with Crippen molar-refractivity contribution in [1.82, 2.24) is 0 Å². The summed E-state index contributed by atoms with van der Waals surface area (Å²) in [6.45, 7) is 0. The number of aliphatic carboxylic acids is 1. The number of benzene rings is 2. The van der Waals surface area contributed by atoms with Gasteiger partial charge in [0.05, 0.1) is 11.5 Å². The van der Waals surface area contributed by atoms with E-state index in [0.717, 1.165) is 22.3 Å². The fourth-order valence-corrected chi connectivity index (χ4v) is 4.07. The van der Waals surface area contributed by atoms with Crippen LogP contribution in [0.3, 0.4) is 0 Å². The Balaban J connectivity index is 1.95. The predicted molar refractivity (Wildman–Crippen MR) is 88.2 cm³/mol. The van der Waals surface area contributed by atoms with Gasteiger partial charge < -0.3 is 5.11 Å². The average molecular weight is 417 g/mol. The van der Waals surface area contributed by atoms with Crippen molar-refractivity contribution in [3.05, 3.63) is 58.1 Å². The van der Waals surface area contributed by atoms with E-state index < -0.39 is 23.6 Å². The molecule has 2 aromatic carbocycles. The molecular formula is C17H12BrF3O2S. The standard InChI is InChI=1S/C17H12BrF3O2S/c18-13-3-1-2-4-15(13)24-14-6-5-9(7-12(14)17(19,20)21)10-8-11(10)16(22)23/h1-7,10-11H,8H2,(H,22,23)/t10-,11+/m0/s1. The Labute approximate surface area is 149 Å². The predicted octanol–water partition coefficient (Wildman–Crippen LogP) is 5.81. The third kappa shape index (κ3) is 3.62. The van der Waals surface area contributed by atoms with Gasteiger partial charge >= 0.3 is 12.1 Å². The summed E-state index contributed by atoms with van der Waals surface area (Å²) < 4.78 is 41.0. The topological polar surface area (TPSA) is 37.3 Å². The van der Waals surface area contributed by atoms with Crippen molar-refractivity contribution in [2.24, 2.45) is 5.92 Å². The molecule has 0 amide bonds. The van der Waals surface area contributed by atoms with Gasteiger partial charge in [-0.25, -0.2) is 0 Å². The van der Waals surface area contributed by atoms with Crippen molar-refractivity contribution in [3.63, 3.8) is 0 Å². The average Bonchev–Trinajstić information content (AvgIpc) is 3.29. The van der Waals surface area contributed by atoms with Crippen molar-refractivity contribution in [2.75, 3.05) is 0 Å². The first-order chi connectivity index (χ1) is 11.3. The Bertz CT molecular complexity index is 792. The van der Waals surface area contributed by atoms with Gasteiger partial charge in [-0.2, -0.15) is 13.2 Å². The monoisotopic (exact) mass is 416 g/mol. The number of rotatable bonds is 4. The van der Waals surface area contributed by atoms with Crippen LogP contribution in [0.25, 0.3) is 0 Å². The number of carboxylic acid groups (broad SMARTS) is 1. The first kappa shape index (κ1) is 17.4. The Morgan fingerprint density at radius 3 is 2.46 bits per heavy atom. The molecule has 2 aromatic rings. The summed E-state index contributed by atoms with van der Waals surface area (Å²) in [6.07, 6.45) is -4.10. The molecule has 0 radical (unpaired) electrons. The highest BCUT2D eigenvalue weighted by Crippen LogP contribution is 2.50. The third-order valence-electron chi connectivity index (χ3n) is 3.90. The van der Waals surface area contributed by atoms with E-state index in [0.29, 0.717) is 16.9 Å².